The smallest absolute Gasteiger partial charge is 0.338 e. The summed E-state index contributed by atoms with van der Waals surface area (Å²) in [6.45, 7) is 0.841. The van der Waals surface area contributed by atoms with Gasteiger partial charge in [0.1, 0.15) is 17.3 Å². The van der Waals surface area contributed by atoms with E-state index in [9.17, 15) is 17.6 Å². The molecule has 0 spiro atoms. The molecule has 3 aromatic rings. The minimum atomic E-state index is -3.89. The summed E-state index contributed by atoms with van der Waals surface area (Å²) in [7, 11) is -3.89. The van der Waals surface area contributed by atoms with Crippen LogP contribution >= 0.6 is 11.6 Å². The molecule has 7 nitrogen and oxygen atoms in total. The summed E-state index contributed by atoms with van der Waals surface area (Å²) >= 11 is 6.12. The molecule has 0 saturated carbocycles. The lowest BCUT2D eigenvalue weighted by Gasteiger charge is -2.26. The number of carbonyl (C=O) groups is 1. The Labute approximate surface area is 183 Å². The van der Waals surface area contributed by atoms with Crippen LogP contribution in [0.15, 0.2) is 53.6 Å². The molecule has 1 saturated heterocycles. The normalized spacial score (nSPS) is 15.2. The molecule has 0 N–H and O–H groups in total. The van der Waals surface area contributed by atoms with Gasteiger partial charge in [0.2, 0.25) is 10.0 Å². The molecule has 0 unspecified atom stereocenters. The van der Waals surface area contributed by atoms with E-state index in [1.54, 1.807) is 12.1 Å². The topological polar surface area (TPSA) is 85.8 Å². The van der Waals surface area contributed by atoms with E-state index in [1.165, 1.54) is 40.8 Å². The third-order valence-electron chi connectivity index (χ3n) is 4.91. The van der Waals surface area contributed by atoms with Crippen molar-refractivity contribution in [1.82, 2.24) is 9.29 Å². The van der Waals surface area contributed by atoms with Crippen LogP contribution in [-0.4, -0.2) is 50.0 Å². The van der Waals surface area contributed by atoms with Gasteiger partial charge in [-0.1, -0.05) is 17.7 Å². The highest BCUT2D eigenvalue weighted by atomic mass is 35.5. The molecule has 162 valence electrons. The lowest BCUT2D eigenvalue weighted by Crippen LogP contribution is -2.40. The fourth-order valence-corrected chi connectivity index (χ4v) is 5.20. The fraction of sp³-hybridized carbons (Fsp3) is 0.238. The first-order valence-corrected chi connectivity index (χ1v) is 11.3. The van der Waals surface area contributed by atoms with Crippen molar-refractivity contribution in [3.63, 3.8) is 0 Å². The number of pyridine rings is 1. The zero-order chi connectivity index (χ0) is 22.0. The zero-order valence-corrected chi connectivity index (χ0v) is 17.8. The summed E-state index contributed by atoms with van der Waals surface area (Å²) in [5.74, 6) is -1.16. The van der Waals surface area contributed by atoms with Gasteiger partial charge in [-0.2, -0.15) is 4.31 Å². The third-order valence-corrected chi connectivity index (χ3v) is 7.29. The Bertz CT molecular complexity index is 1250. The van der Waals surface area contributed by atoms with Crippen LogP contribution in [0, 0.1) is 5.82 Å². The molecule has 0 bridgehead atoms. The Morgan fingerprint density at radius 1 is 1.19 bits per heavy atom. The van der Waals surface area contributed by atoms with Gasteiger partial charge >= 0.3 is 5.97 Å². The lowest BCUT2D eigenvalue weighted by molar-refractivity contribution is 0.0474. The molecule has 10 heteroatoms. The van der Waals surface area contributed by atoms with Gasteiger partial charge in [0, 0.05) is 30.2 Å². The van der Waals surface area contributed by atoms with Gasteiger partial charge in [0.25, 0.3) is 0 Å². The van der Waals surface area contributed by atoms with Gasteiger partial charge in [0.05, 0.1) is 29.3 Å². The highest BCUT2D eigenvalue weighted by molar-refractivity contribution is 7.89. The molecule has 1 aliphatic heterocycles. The maximum atomic E-state index is 13.9. The van der Waals surface area contributed by atoms with Crippen molar-refractivity contribution in [2.45, 2.75) is 11.5 Å². The van der Waals surface area contributed by atoms with Gasteiger partial charge in [-0.05, 0) is 36.4 Å². The first-order chi connectivity index (χ1) is 14.9. The first-order valence-electron chi connectivity index (χ1n) is 9.44. The number of benzene rings is 2. The van der Waals surface area contributed by atoms with Crippen LogP contribution in [0.1, 0.15) is 15.9 Å². The summed E-state index contributed by atoms with van der Waals surface area (Å²) in [6, 6.07) is 9.92. The van der Waals surface area contributed by atoms with Gasteiger partial charge in [-0.3, -0.25) is 4.98 Å². The predicted molar refractivity (Wildman–Crippen MR) is 112 cm³/mol. The molecule has 0 atom stereocenters. The molecule has 4 rings (SSSR count). The fourth-order valence-electron chi connectivity index (χ4n) is 3.29. The van der Waals surface area contributed by atoms with Crippen molar-refractivity contribution in [2.75, 3.05) is 26.3 Å². The van der Waals surface area contributed by atoms with Crippen LogP contribution in [-0.2, 0) is 26.1 Å². The number of hydrogen-bond acceptors (Lipinski definition) is 6. The van der Waals surface area contributed by atoms with Crippen molar-refractivity contribution in [2.24, 2.45) is 0 Å². The Balaban J connectivity index is 1.56. The molecular formula is C21H18ClFN2O5S. The molecular weight excluding hydrogens is 447 g/mol. The van der Waals surface area contributed by atoms with E-state index < -0.39 is 21.8 Å². The molecule has 31 heavy (non-hydrogen) atoms. The van der Waals surface area contributed by atoms with Crippen molar-refractivity contribution in [1.29, 1.82) is 0 Å². The molecule has 1 aliphatic rings. The second kappa shape index (κ2) is 8.88. The maximum Gasteiger partial charge on any atom is 0.338 e. The van der Waals surface area contributed by atoms with Gasteiger partial charge in [-0.15, -0.1) is 0 Å². The molecule has 1 fully saturated rings. The van der Waals surface area contributed by atoms with Crippen LogP contribution in [0.2, 0.25) is 5.02 Å². The number of carbonyl (C=O) groups excluding carboxylic acids is 1. The quantitative estimate of drug-likeness (QED) is 0.538. The van der Waals surface area contributed by atoms with E-state index in [0.29, 0.717) is 16.5 Å². The van der Waals surface area contributed by atoms with Crippen molar-refractivity contribution >= 4 is 38.5 Å². The third kappa shape index (κ3) is 4.40. The largest absolute Gasteiger partial charge is 0.457 e. The number of halogens is 2. The van der Waals surface area contributed by atoms with E-state index in [4.69, 9.17) is 21.1 Å². The predicted octanol–water partition coefficient (Wildman–Crippen LogP) is 3.41. The molecule has 1 aromatic heterocycles. The Kier molecular flexibility index (Phi) is 6.19. The second-order valence-electron chi connectivity index (χ2n) is 6.84. The summed E-state index contributed by atoms with van der Waals surface area (Å²) in [5, 5.41) is 0.332. The van der Waals surface area contributed by atoms with Crippen LogP contribution < -0.4 is 0 Å². The monoisotopic (exact) mass is 464 g/mol. The number of morpholine rings is 1. The lowest BCUT2D eigenvalue weighted by atomic mass is 10.1. The van der Waals surface area contributed by atoms with Crippen molar-refractivity contribution < 1.29 is 27.1 Å². The SMILES string of the molecule is O=C(OCc1ccc(F)c2cccnc12)c1ccc(Cl)c(S(=O)(=O)N2CCOCC2)c1. The molecule has 0 amide bonds. The number of esters is 1. The van der Waals surface area contributed by atoms with Crippen LogP contribution in [0.3, 0.4) is 0 Å². The first kappa shape index (κ1) is 21.6. The second-order valence-corrected chi connectivity index (χ2v) is 9.16. The molecule has 0 aliphatic carbocycles. The number of ether oxygens (including phenoxy) is 2. The minimum absolute atomic E-state index is 0.0109. The van der Waals surface area contributed by atoms with Gasteiger partial charge < -0.3 is 9.47 Å². The average molecular weight is 465 g/mol. The maximum absolute atomic E-state index is 13.9. The number of rotatable bonds is 5. The zero-order valence-electron chi connectivity index (χ0n) is 16.3. The van der Waals surface area contributed by atoms with Crippen molar-refractivity contribution in [3.05, 3.63) is 70.6 Å². The Hall–Kier alpha value is -2.59. The van der Waals surface area contributed by atoms with Crippen molar-refractivity contribution in [3.8, 4) is 0 Å². The number of hydrogen-bond donors (Lipinski definition) is 0. The van der Waals surface area contributed by atoms with E-state index in [-0.39, 0.29) is 48.4 Å². The van der Waals surface area contributed by atoms with Crippen LogP contribution in [0.5, 0.6) is 0 Å². The molecule has 2 aromatic carbocycles. The van der Waals surface area contributed by atoms with Crippen LogP contribution in [0.25, 0.3) is 10.9 Å². The highest BCUT2D eigenvalue weighted by Gasteiger charge is 2.29. The van der Waals surface area contributed by atoms with E-state index >= 15 is 0 Å². The highest BCUT2D eigenvalue weighted by Crippen LogP contribution is 2.27. The number of fused-ring (bicyclic) bond motifs is 1. The van der Waals surface area contributed by atoms with E-state index in [1.807, 2.05) is 0 Å². The molecule has 0 radical (unpaired) electrons. The summed E-state index contributed by atoms with van der Waals surface area (Å²) < 4.78 is 51.6. The number of sulfonamides is 1. The van der Waals surface area contributed by atoms with Crippen LogP contribution in [0.4, 0.5) is 4.39 Å². The molecule has 2 heterocycles. The Morgan fingerprint density at radius 3 is 2.74 bits per heavy atom. The summed E-state index contributed by atoms with van der Waals surface area (Å²) in [5.41, 5.74) is 0.957. The summed E-state index contributed by atoms with van der Waals surface area (Å²) in [4.78, 5) is 16.6. The van der Waals surface area contributed by atoms with E-state index in [0.717, 1.165) is 0 Å². The average Bonchev–Trinajstić information content (AvgIpc) is 2.79. The number of aromatic nitrogens is 1. The number of nitrogens with zero attached hydrogens (tertiary/aromatic N) is 2. The standard InChI is InChI=1S/C21H18ClFN2O5S/c22-17-5-3-14(12-19(17)31(27,28)25-8-10-29-11-9-25)21(26)30-13-15-4-6-18(23)16-2-1-7-24-20(15)16/h1-7,12H,8-11,13H2. The minimum Gasteiger partial charge on any atom is -0.457 e. The van der Waals surface area contributed by atoms with Gasteiger partial charge in [0.15, 0.2) is 0 Å². The Morgan fingerprint density at radius 2 is 1.97 bits per heavy atom. The summed E-state index contributed by atoms with van der Waals surface area (Å²) in [6.07, 6.45) is 1.52. The van der Waals surface area contributed by atoms with E-state index in [2.05, 4.69) is 4.98 Å². The van der Waals surface area contributed by atoms with Gasteiger partial charge in [-0.25, -0.2) is 17.6 Å².